The second-order valence-electron chi connectivity index (χ2n) is 9.54. The fourth-order valence-corrected chi connectivity index (χ4v) is 6.26. The Hall–Kier alpha value is -3.07. The van der Waals surface area contributed by atoms with Gasteiger partial charge in [0, 0.05) is 54.7 Å². The van der Waals surface area contributed by atoms with Gasteiger partial charge in [-0.2, -0.15) is 0 Å². The van der Waals surface area contributed by atoms with Crippen molar-refractivity contribution in [2.24, 2.45) is 0 Å². The zero-order chi connectivity index (χ0) is 24.5. The molecule has 1 atom stereocenters. The first-order valence-electron chi connectivity index (χ1n) is 12.6. The molecule has 1 amide bonds. The number of rotatable bonds is 5. The van der Waals surface area contributed by atoms with Crippen LogP contribution in [-0.2, 0) is 12.8 Å². The Balaban J connectivity index is 1.41. The van der Waals surface area contributed by atoms with Gasteiger partial charge in [0.25, 0.3) is 11.6 Å². The van der Waals surface area contributed by atoms with Crippen LogP contribution in [0.25, 0.3) is 10.2 Å². The molecule has 9 heteroatoms. The third-order valence-corrected chi connectivity index (χ3v) is 8.49. The number of carbonyl (C=O) groups excluding carboxylic acids is 1. The molecular formula is C26H31N5O3S. The maximum absolute atomic E-state index is 13.0. The van der Waals surface area contributed by atoms with E-state index in [-0.39, 0.29) is 11.6 Å². The van der Waals surface area contributed by atoms with Crippen LogP contribution < -0.4 is 4.90 Å². The summed E-state index contributed by atoms with van der Waals surface area (Å²) >= 11 is 1.85. The van der Waals surface area contributed by atoms with Gasteiger partial charge in [-0.15, -0.1) is 11.3 Å². The van der Waals surface area contributed by atoms with E-state index in [9.17, 15) is 14.9 Å². The number of non-ortho nitro benzene ring substituents is 1. The average molecular weight is 494 g/mol. The molecule has 1 aliphatic heterocycles. The zero-order valence-corrected chi connectivity index (χ0v) is 21.1. The number of carbonyl (C=O) groups is 1. The Kier molecular flexibility index (Phi) is 6.69. The van der Waals surface area contributed by atoms with E-state index < -0.39 is 4.92 Å². The van der Waals surface area contributed by atoms with E-state index in [2.05, 4.69) is 18.7 Å². The molecule has 0 radical (unpaired) electrons. The Bertz CT molecular complexity index is 1250. The monoisotopic (exact) mass is 493 g/mol. The quantitative estimate of drug-likeness (QED) is 0.270. The minimum atomic E-state index is -0.450. The van der Waals surface area contributed by atoms with Crippen LogP contribution in [0.1, 0.15) is 72.1 Å². The molecule has 1 aromatic carbocycles. The van der Waals surface area contributed by atoms with Crippen molar-refractivity contribution >= 4 is 39.0 Å². The molecule has 3 heterocycles. The highest BCUT2D eigenvalue weighted by atomic mass is 32.1. The molecule has 1 saturated heterocycles. The summed E-state index contributed by atoms with van der Waals surface area (Å²) in [5.74, 6) is 2.16. The van der Waals surface area contributed by atoms with Crippen LogP contribution in [-0.4, -0.2) is 51.9 Å². The normalized spacial score (nSPS) is 17.2. The van der Waals surface area contributed by atoms with Gasteiger partial charge in [0.15, 0.2) is 0 Å². The van der Waals surface area contributed by atoms with Crippen LogP contribution in [0.4, 0.5) is 11.5 Å². The number of hydrogen-bond donors (Lipinski definition) is 0. The Morgan fingerprint density at radius 2 is 1.80 bits per heavy atom. The summed E-state index contributed by atoms with van der Waals surface area (Å²) in [6, 6.07) is 5.86. The Morgan fingerprint density at radius 1 is 1.09 bits per heavy atom. The molecule has 2 aromatic heterocycles. The fourth-order valence-electron chi connectivity index (χ4n) is 4.99. The van der Waals surface area contributed by atoms with E-state index in [0.29, 0.717) is 37.7 Å². The molecule has 184 valence electrons. The molecule has 0 spiro atoms. The van der Waals surface area contributed by atoms with Crippen molar-refractivity contribution < 1.29 is 9.72 Å². The zero-order valence-electron chi connectivity index (χ0n) is 20.3. The predicted molar refractivity (Wildman–Crippen MR) is 139 cm³/mol. The molecule has 0 bridgehead atoms. The van der Waals surface area contributed by atoms with Gasteiger partial charge >= 0.3 is 0 Å². The minimum absolute atomic E-state index is 0.00819. The van der Waals surface area contributed by atoms with E-state index in [0.717, 1.165) is 35.7 Å². The Morgan fingerprint density at radius 3 is 2.49 bits per heavy atom. The molecule has 3 aromatic rings. The molecular weight excluding hydrogens is 462 g/mol. The second-order valence-corrected chi connectivity index (χ2v) is 10.6. The molecule has 35 heavy (non-hydrogen) atoms. The summed E-state index contributed by atoms with van der Waals surface area (Å²) in [5, 5.41) is 12.1. The van der Waals surface area contributed by atoms with Crippen LogP contribution in [0.3, 0.4) is 0 Å². The van der Waals surface area contributed by atoms with Gasteiger partial charge in [0.1, 0.15) is 16.5 Å². The SMILES string of the molecule is CCC(C)c1nc(N2CCN(C(=O)c3ccc([N+](=O)[O-])cc3)CC2)c2c3c(sc2n1)CCCCC3. The largest absolute Gasteiger partial charge is 0.352 e. The number of aryl methyl sites for hydroxylation is 2. The van der Waals surface area contributed by atoms with Crippen molar-refractivity contribution in [2.45, 2.75) is 58.3 Å². The van der Waals surface area contributed by atoms with Crippen molar-refractivity contribution in [1.82, 2.24) is 14.9 Å². The van der Waals surface area contributed by atoms with Gasteiger partial charge in [-0.25, -0.2) is 9.97 Å². The molecule has 1 aliphatic carbocycles. The highest BCUT2D eigenvalue weighted by Crippen LogP contribution is 2.40. The first kappa shape index (κ1) is 23.7. The van der Waals surface area contributed by atoms with Gasteiger partial charge < -0.3 is 9.80 Å². The Labute approximate surface area is 209 Å². The predicted octanol–water partition coefficient (Wildman–Crippen LogP) is 5.34. The molecule has 5 rings (SSSR count). The summed E-state index contributed by atoms with van der Waals surface area (Å²) < 4.78 is 0. The lowest BCUT2D eigenvalue weighted by molar-refractivity contribution is -0.384. The third-order valence-electron chi connectivity index (χ3n) is 7.31. The van der Waals surface area contributed by atoms with Crippen molar-refractivity contribution in [3.63, 3.8) is 0 Å². The third kappa shape index (κ3) is 4.61. The highest BCUT2D eigenvalue weighted by molar-refractivity contribution is 7.19. The lowest BCUT2D eigenvalue weighted by Gasteiger charge is -2.36. The molecule has 0 N–H and O–H groups in total. The van der Waals surface area contributed by atoms with Crippen LogP contribution in [0, 0.1) is 10.1 Å². The number of aromatic nitrogens is 2. The van der Waals surface area contributed by atoms with E-state index in [1.165, 1.54) is 47.2 Å². The maximum atomic E-state index is 13.0. The van der Waals surface area contributed by atoms with Crippen molar-refractivity contribution in [1.29, 1.82) is 0 Å². The number of nitro benzene ring substituents is 1. The van der Waals surface area contributed by atoms with E-state index in [4.69, 9.17) is 9.97 Å². The summed E-state index contributed by atoms with van der Waals surface area (Å²) in [6.45, 7) is 6.94. The smallest absolute Gasteiger partial charge is 0.269 e. The number of nitrogens with zero attached hydrogens (tertiary/aromatic N) is 5. The number of nitro groups is 1. The van der Waals surface area contributed by atoms with Gasteiger partial charge in [-0.05, 0) is 49.8 Å². The van der Waals surface area contributed by atoms with Crippen LogP contribution in [0.5, 0.6) is 0 Å². The highest BCUT2D eigenvalue weighted by Gasteiger charge is 2.28. The fraction of sp³-hybridized carbons (Fsp3) is 0.500. The van der Waals surface area contributed by atoms with Gasteiger partial charge in [0.2, 0.25) is 0 Å². The van der Waals surface area contributed by atoms with Crippen LogP contribution in [0.2, 0.25) is 0 Å². The van der Waals surface area contributed by atoms with E-state index in [1.54, 1.807) is 12.1 Å². The molecule has 2 aliphatic rings. The standard InChI is InChI=1S/C26H31N5O3S/c1-3-17(2)23-27-24(22-20-7-5-4-6-8-21(20)35-25(22)28-23)29-13-15-30(16-14-29)26(32)18-9-11-19(12-10-18)31(33)34/h9-12,17H,3-8,13-16H2,1-2H3. The van der Waals surface area contributed by atoms with Crippen molar-refractivity contribution in [3.8, 4) is 0 Å². The number of amides is 1. The molecule has 0 saturated carbocycles. The molecule has 1 fully saturated rings. The number of anilines is 1. The van der Waals surface area contributed by atoms with Crippen molar-refractivity contribution in [3.05, 3.63) is 56.2 Å². The summed E-state index contributed by atoms with van der Waals surface area (Å²) in [5.41, 5.74) is 1.92. The number of thiophene rings is 1. The second kappa shape index (κ2) is 9.89. The van der Waals surface area contributed by atoms with E-state index >= 15 is 0 Å². The van der Waals surface area contributed by atoms with Crippen molar-refractivity contribution in [2.75, 3.05) is 31.1 Å². The van der Waals surface area contributed by atoms with Crippen LogP contribution >= 0.6 is 11.3 Å². The summed E-state index contributed by atoms with van der Waals surface area (Å²) in [6.07, 6.45) is 6.94. The van der Waals surface area contributed by atoms with E-state index in [1.807, 2.05) is 16.2 Å². The van der Waals surface area contributed by atoms with Gasteiger partial charge in [0.05, 0.1) is 10.3 Å². The number of benzene rings is 1. The van der Waals surface area contributed by atoms with Crippen LogP contribution in [0.15, 0.2) is 24.3 Å². The molecule has 1 unspecified atom stereocenters. The maximum Gasteiger partial charge on any atom is 0.269 e. The number of fused-ring (bicyclic) bond motifs is 3. The number of piperazine rings is 1. The number of hydrogen-bond acceptors (Lipinski definition) is 7. The topological polar surface area (TPSA) is 92.5 Å². The first-order valence-corrected chi connectivity index (χ1v) is 13.4. The average Bonchev–Trinajstić information content (AvgIpc) is 3.08. The lowest BCUT2D eigenvalue weighted by Crippen LogP contribution is -2.49. The molecule has 8 nitrogen and oxygen atoms in total. The van der Waals surface area contributed by atoms with Gasteiger partial charge in [-0.3, -0.25) is 14.9 Å². The minimum Gasteiger partial charge on any atom is -0.352 e. The lowest BCUT2D eigenvalue weighted by atomic mass is 10.1. The first-order chi connectivity index (χ1) is 17.0. The summed E-state index contributed by atoms with van der Waals surface area (Å²) in [4.78, 5) is 40.4. The summed E-state index contributed by atoms with van der Waals surface area (Å²) in [7, 11) is 0. The van der Waals surface area contributed by atoms with Gasteiger partial charge in [-0.1, -0.05) is 20.3 Å².